The summed E-state index contributed by atoms with van der Waals surface area (Å²) < 4.78 is 0. The van der Waals surface area contributed by atoms with Crippen molar-refractivity contribution in [1.82, 2.24) is 15.5 Å². The van der Waals surface area contributed by atoms with Gasteiger partial charge >= 0.3 is 0 Å². The van der Waals surface area contributed by atoms with Gasteiger partial charge in [-0.25, -0.2) is 0 Å². The lowest BCUT2D eigenvalue weighted by molar-refractivity contribution is 0.0946. The van der Waals surface area contributed by atoms with Crippen molar-refractivity contribution < 1.29 is 9.90 Å². The summed E-state index contributed by atoms with van der Waals surface area (Å²) in [7, 11) is 0. The molecule has 3 N–H and O–H groups in total. The van der Waals surface area contributed by atoms with Gasteiger partial charge in [-0.3, -0.25) is 9.89 Å². The minimum Gasteiger partial charge on any atom is -0.396 e. The van der Waals surface area contributed by atoms with Crippen molar-refractivity contribution in [3.63, 3.8) is 0 Å². The number of carbonyl (C=O) groups excluding carboxylic acids is 1. The highest BCUT2D eigenvalue weighted by atomic mass is 35.5. The number of hydrogen-bond donors (Lipinski definition) is 3. The number of halogens is 1. The van der Waals surface area contributed by atoms with E-state index in [1.54, 1.807) is 12.1 Å². The maximum Gasteiger partial charge on any atom is 0.255 e. The van der Waals surface area contributed by atoms with Crippen LogP contribution in [-0.2, 0) is 0 Å². The molecule has 21 heavy (non-hydrogen) atoms. The number of aliphatic hydroxyl groups is 1. The fourth-order valence-corrected chi connectivity index (χ4v) is 2.11. The fraction of sp³-hybridized carbons (Fsp3) is 0.333. The summed E-state index contributed by atoms with van der Waals surface area (Å²) in [5.74, 6) is 0.0447. The summed E-state index contributed by atoms with van der Waals surface area (Å²) >= 11 is 5.86. The molecule has 0 fully saturated rings. The van der Waals surface area contributed by atoms with Gasteiger partial charge in [0.15, 0.2) is 0 Å². The molecule has 0 saturated heterocycles. The third-order valence-electron chi connectivity index (χ3n) is 3.25. The van der Waals surface area contributed by atoms with Crippen molar-refractivity contribution in [2.75, 3.05) is 13.2 Å². The van der Waals surface area contributed by atoms with E-state index in [1.807, 2.05) is 19.1 Å². The highest BCUT2D eigenvalue weighted by molar-refractivity contribution is 6.30. The second-order valence-electron chi connectivity index (χ2n) is 4.99. The number of aliphatic hydroxyl groups excluding tert-OH is 1. The van der Waals surface area contributed by atoms with Crippen LogP contribution in [0.5, 0.6) is 0 Å². The molecule has 0 aliphatic rings. The van der Waals surface area contributed by atoms with E-state index in [2.05, 4.69) is 15.5 Å². The summed E-state index contributed by atoms with van der Waals surface area (Å²) in [6.45, 7) is 2.62. The van der Waals surface area contributed by atoms with Gasteiger partial charge in [0.1, 0.15) is 0 Å². The average molecular weight is 308 g/mol. The average Bonchev–Trinajstić information content (AvgIpc) is 2.95. The van der Waals surface area contributed by atoms with Crippen LogP contribution in [0.15, 0.2) is 30.5 Å². The van der Waals surface area contributed by atoms with Gasteiger partial charge in [-0.05, 0) is 24.5 Å². The SMILES string of the molecule is CC(CCO)CNC(=O)c1cn[nH]c1-c1ccc(Cl)cc1. The third kappa shape index (κ3) is 4.06. The van der Waals surface area contributed by atoms with Crippen LogP contribution in [0.4, 0.5) is 0 Å². The topological polar surface area (TPSA) is 78.0 Å². The summed E-state index contributed by atoms with van der Waals surface area (Å²) in [5.41, 5.74) is 2.01. The Kier molecular flexibility index (Phi) is 5.36. The molecule has 0 aliphatic heterocycles. The number of nitrogens with zero attached hydrogens (tertiary/aromatic N) is 1. The molecule has 1 atom stereocenters. The molecule has 112 valence electrons. The maximum absolute atomic E-state index is 12.2. The van der Waals surface area contributed by atoms with Crippen molar-refractivity contribution in [3.05, 3.63) is 41.0 Å². The number of aromatic amines is 1. The molecular weight excluding hydrogens is 290 g/mol. The number of amides is 1. The molecule has 5 nitrogen and oxygen atoms in total. The Balaban J connectivity index is 2.09. The van der Waals surface area contributed by atoms with Gasteiger partial charge in [0.25, 0.3) is 5.91 Å². The van der Waals surface area contributed by atoms with Crippen LogP contribution >= 0.6 is 11.6 Å². The molecule has 0 spiro atoms. The zero-order valence-electron chi connectivity index (χ0n) is 11.8. The molecule has 2 aromatic rings. The van der Waals surface area contributed by atoms with Crippen molar-refractivity contribution in [2.45, 2.75) is 13.3 Å². The molecule has 6 heteroatoms. The molecule has 0 bridgehead atoms. The van der Waals surface area contributed by atoms with Crippen LogP contribution in [0.3, 0.4) is 0 Å². The second kappa shape index (κ2) is 7.24. The van der Waals surface area contributed by atoms with Gasteiger partial charge in [0.05, 0.1) is 17.5 Å². The van der Waals surface area contributed by atoms with E-state index in [0.717, 1.165) is 5.56 Å². The van der Waals surface area contributed by atoms with Crippen LogP contribution in [0.25, 0.3) is 11.3 Å². The Morgan fingerprint density at radius 1 is 1.43 bits per heavy atom. The Bertz CT molecular complexity index is 595. The summed E-state index contributed by atoms with van der Waals surface area (Å²) in [5, 5.41) is 19.1. The molecule has 1 heterocycles. The van der Waals surface area contributed by atoms with Crippen LogP contribution in [0.2, 0.25) is 5.02 Å². The largest absolute Gasteiger partial charge is 0.396 e. The number of H-pyrrole nitrogens is 1. The van der Waals surface area contributed by atoms with Gasteiger partial charge in [-0.15, -0.1) is 0 Å². The van der Waals surface area contributed by atoms with E-state index in [4.69, 9.17) is 16.7 Å². The lowest BCUT2D eigenvalue weighted by Crippen LogP contribution is -2.28. The lowest BCUT2D eigenvalue weighted by Gasteiger charge is -2.11. The van der Waals surface area contributed by atoms with Gasteiger partial charge in [0, 0.05) is 23.7 Å². The van der Waals surface area contributed by atoms with Crippen molar-refractivity contribution in [2.24, 2.45) is 5.92 Å². The molecule has 1 aromatic heterocycles. The standard InChI is InChI=1S/C15H18ClN3O2/c1-10(6-7-20)8-17-15(21)13-9-18-19-14(13)11-2-4-12(16)5-3-11/h2-5,9-10,20H,6-8H2,1H3,(H,17,21)(H,18,19). The van der Waals surface area contributed by atoms with Crippen LogP contribution in [0, 0.1) is 5.92 Å². The number of hydrogen-bond acceptors (Lipinski definition) is 3. The van der Waals surface area contributed by atoms with Gasteiger partial charge in [-0.2, -0.15) is 5.10 Å². The second-order valence-corrected chi connectivity index (χ2v) is 5.43. The van der Waals surface area contributed by atoms with Crippen LogP contribution < -0.4 is 5.32 Å². The first-order valence-electron chi connectivity index (χ1n) is 6.80. The van der Waals surface area contributed by atoms with Gasteiger partial charge < -0.3 is 10.4 Å². The van der Waals surface area contributed by atoms with E-state index in [9.17, 15) is 4.79 Å². The predicted octanol–water partition coefficient (Wildman–Crippen LogP) is 2.48. The fourth-order valence-electron chi connectivity index (χ4n) is 1.98. The molecule has 0 radical (unpaired) electrons. The number of carbonyl (C=O) groups is 1. The lowest BCUT2D eigenvalue weighted by atomic mass is 10.1. The first-order chi connectivity index (χ1) is 10.1. The number of benzene rings is 1. The highest BCUT2D eigenvalue weighted by Gasteiger charge is 2.15. The zero-order chi connectivity index (χ0) is 15.2. The number of aromatic nitrogens is 2. The van der Waals surface area contributed by atoms with E-state index in [0.29, 0.717) is 29.2 Å². The van der Waals surface area contributed by atoms with Crippen molar-refractivity contribution >= 4 is 17.5 Å². The van der Waals surface area contributed by atoms with Gasteiger partial charge in [0.2, 0.25) is 0 Å². The summed E-state index contributed by atoms with van der Waals surface area (Å²) in [4.78, 5) is 12.2. The maximum atomic E-state index is 12.2. The van der Waals surface area contributed by atoms with E-state index < -0.39 is 0 Å². The van der Waals surface area contributed by atoms with Crippen LogP contribution in [-0.4, -0.2) is 34.4 Å². The summed E-state index contributed by atoms with van der Waals surface area (Å²) in [6, 6.07) is 7.20. The van der Waals surface area contributed by atoms with E-state index in [-0.39, 0.29) is 18.4 Å². The number of nitrogens with one attached hydrogen (secondary N) is 2. The summed E-state index contributed by atoms with van der Waals surface area (Å²) in [6.07, 6.45) is 2.17. The first kappa shape index (κ1) is 15.5. The minimum atomic E-state index is -0.182. The monoisotopic (exact) mass is 307 g/mol. The normalized spacial score (nSPS) is 12.1. The third-order valence-corrected chi connectivity index (χ3v) is 3.50. The predicted molar refractivity (Wildman–Crippen MR) is 82.2 cm³/mol. The molecule has 2 rings (SSSR count). The molecular formula is C15H18ClN3O2. The van der Waals surface area contributed by atoms with Crippen LogP contribution in [0.1, 0.15) is 23.7 Å². The minimum absolute atomic E-state index is 0.124. The molecule has 1 aromatic carbocycles. The quantitative estimate of drug-likeness (QED) is 0.767. The Morgan fingerprint density at radius 3 is 2.81 bits per heavy atom. The van der Waals surface area contributed by atoms with Crippen molar-refractivity contribution in [3.8, 4) is 11.3 Å². The highest BCUT2D eigenvalue weighted by Crippen LogP contribution is 2.22. The number of rotatable bonds is 6. The van der Waals surface area contributed by atoms with E-state index >= 15 is 0 Å². The van der Waals surface area contributed by atoms with E-state index in [1.165, 1.54) is 6.20 Å². The Morgan fingerprint density at radius 2 is 2.14 bits per heavy atom. The smallest absolute Gasteiger partial charge is 0.255 e. The first-order valence-corrected chi connectivity index (χ1v) is 7.18. The molecule has 1 amide bonds. The molecule has 0 saturated carbocycles. The van der Waals surface area contributed by atoms with Crippen molar-refractivity contribution in [1.29, 1.82) is 0 Å². The van der Waals surface area contributed by atoms with Gasteiger partial charge in [-0.1, -0.05) is 30.7 Å². The molecule has 0 aliphatic carbocycles. The Labute approximate surface area is 128 Å². The molecule has 1 unspecified atom stereocenters. The zero-order valence-corrected chi connectivity index (χ0v) is 12.5. The Hall–Kier alpha value is -1.85.